The quantitative estimate of drug-likeness (QED) is 0.741. The van der Waals surface area contributed by atoms with E-state index in [-0.39, 0.29) is 5.56 Å². The van der Waals surface area contributed by atoms with E-state index in [9.17, 15) is 28.2 Å². The van der Waals surface area contributed by atoms with Gasteiger partial charge in [-0.05, 0) is 30.5 Å². The maximum absolute atomic E-state index is 12.9. The zero-order valence-corrected chi connectivity index (χ0v) is 9.66. The fourth-order valence-electron chi connectivity index (χ4n) is 2.23. The molecule has 0 heterocycles. The van der Waals surface area contributed by atoms with Crippen molar-refractivity contribution in [3.05, 3.63) is 23.3 Å². The average molecular weight is 276 g/mol. The number of aliphatic carboxylic acids is 1. The zero-order chi connectivity index (χ0) is 14.4. The van der Waals surface area contributed by atoms with Gasteiger partial charge < -0.3 is 15.3 Å². The van der Waals surface area contributed by atoms with Gasteiger partial charge in [-0.25, -0.2) is 0 Å². The summed E-state index contributed by atoms with van der Waals surface area (Å²) in [5, 5.41) is 27.3. The second-order valence-corrected chi connectivity index (χ2v) is 4.74. The molecule has 0 atom stereocenters. The van der Waals surface area contributed by atoms with E-state index >= 15 is 0 Å². The highest BCUT2D eigenvalue weighted by molar-refractivity contribution is 5.70. The van der Waals surface area contributed by atoms with Crippen LogP contribution in [0, 0.1) is 0 Å². The van der Waals surface area contributed by atoms with E-state index in [0.29, 0.717) is 18.9 Å². The van der Waals surface area contributed by atoms with Crippen molar-refractivity contribution in [2.45, 2.75) is 30.9 Å². The van der Waals surface area contributed by atoms with Gasteiger partial charge in [-0.2, -0.15) is 13.2 Å². The Bertz CT molecular complexity index is 533. The summed E-state index contributed by atoms with van der Waals surface area (Å²) in [7, 11) is 0. The summed E-state index contributed by atoms with van der Waals surface area (Å²) in [5.74, 6) is -2.75. The molecule has 1 fully saturated rings. The normalized spacial score (nSPS) is 17.2. The van der Waals surface area contributed by atoms with Crippen LogP contribution in [0.1, 0.15) is 30.4 Å². The summed E-state index contributed by atoms with van der Waals surface area (Å²) >= 11 is 0. The van der Waals surface area contributed by atoms with Crippen LogP contribution in [0.4, 0.5) is 13.2 Å². The van der Waals surface area contributed by atoms with Crippen LogP contribution in [-0.2, 0) is 16.4 Å². The number of rotatable bonds is 3. The van der Waals surface area contributed by atoms with Gasteiger partial charge in [0.1, 0.15) is 0 Å². The van der Waals surface area contributed by atoms with Gasteiger partial charge in [0.2, 0.25) is 0 Å². The van der Waals surface area contributed by atoms with E-state index < -0.39 is 41.0 Å². The number of alkyl halides is 3. The van der Waals surface area contributed by atoms with E-state index in [1.54, 1.807) is 0 Å². The molecule has 2 rings (SSSR count). The molecule has 0 aromatic heterocycles. The third-order valence-corrected chi connectivity index (χ3v) is 3.33. The summed E-state index contributed by atoms with van der Waals surface area (Å²) in [5.41, 5.74) is -2.46. The van der Waals surface area contributed by atoms with Gasteiger partial charge in [-0.1, -0.05) is 0 Å². The smallest absolute Gasteiger partial charge is 0.416 e. The van der Waals surface area contributed by atoms with Crippen LogP contribution in [0.5, 0.6) is 11.5 Å². The molecule has 1 saturated carbocycles. The Labute approximate surface area is 106 Å². The predicted octanol–water partition coefficient (Wildman–Crippen LogP) is 2.62. The molecule has 0 saturated heterocycles. The zero-order valence-electron chi connectivity index (χ0n) is 9.66. The first kappa shape index (κ1) is 13.5. The molecular formula is C12H11F3O4. The first-order valence-electron chi connectivity index (χ1n) is 5.51. The third-order valence-electron chi connectivity index (χ3n) is 3.33. The van der Waals surface area contributed by atoms with Crippen molar-refractivity contribution in [2.75, 3.05) is 0 Å². The Morgan fingerprint density at radius 1 is 1.21 bits per heavy atom. The maximum Gasteiger partial charge on any atom is 0.416 e. The number of halogens is 3. The second kappa shape index (κ2) is 4.04. The van der Waals surface area contributed by atoms with Gasteiger partial charge in [0.25, 0.3) is 0 Å². The van der Waals surface area contributed by atoms with Gasteiger partial charge in [-0.15, -0.1) is 0 Å². The molecule has 1 aromatic carbocycles. The lowest BCUT2D eigenvalue weighted by Crippen LogP contribution is -2.19. The average Bonchev–Trinajstić information content (AvgIpc) is 2.99. The second-order valence-electron chi connectivity index (χ2n) is 4.74. The molecule has 1 aliphatic rings. The van der Waals surface area contributed by atoms with Crippen LogP contribution in [0.25, 0.3) is 0 Å². The van der Waals surface area contributed by atoms with Crippen molar-refractivity contribution in [2.24, 2.45) is 0 Å². The molecular weight excluding hydrogens is 265 g/mol. The molecule has 1 aliphatic carbocycles. The number of carboxylic acid groups (broad SMARTS) is 1. The number of phenols is 2. The first-order valence-corrected chi connectivity index (χ1v) is 5.51. The van der Waals surface area contributed by atoms with Crippen LogP contribution in [-0.4, -0.2) is 21.3 Å². The molecule has 0 spiro atoms. The van der Waals surface area contributed by atoms with E-state index in [2.05, 4.69) is 0 Å². The number of hydrogen-bond acceptors (Lipinski definition) is 3. The molecule has 4 nitrogen and oxygen atoms in total. The van der Waals surface area contributed by atoms with Crippen molar-refractivity contribution in [3.63, 3.8) is 0 Å². The van der Waals surface area contributed by atoms with E-state index in [0.717, 1.165) is 6.07 Å². The van der Waals surface area contributed by atoms with Crippen LogP contribution >= 0.6 is 0 Å². The van der Waals surface area contributed by atoms with Gasteiger partial charge in [0, 0.05) is 5.41 Å². The Morgan fingerprint density at radius 3 is 2.16 bits per heavy atom. The Kier molecular flexibility index (Phi) is 2.87. The van der Waals surface area contributed by atoms with Crippen LogP contribution in [0.3, 0.4) is 0 Å². The van der Waals surface area contributed by atoms with E-state index in [4.69, 9.17) is 5.11 Å². The Balaban J connectivity index is 2.56. The van der Waals surface area contributed by atoms with Crippen molar-refractivity contribution in [3.8, 4) is 11.5 Å². The number of aromatic hydroxyl groups is 2. The van der Waals surface area contributed by atoms with Gasteiger partial charge in [0.05, 0.1) is 12.0 Å². The molecule has 0 unspecified atom stereocenters. The lowest BCUT2D eigenvalue weighted by Gasteiger charge is -2.20. The Hall–Kier alpha value is -1.92. The molecule has 1 aromatic rings. The van der Waals surface area contributed by atoms with Crippen molar-refractivity contribution in [1.82, 2.24) is 0 Å². The summed E-state index contributed by atoms with van der Waals surface area (Å²) in [6.07, 6.45) is -4.52. The third kappa shape index (κ3) is 2.45. The van der Waals surface area contributed by atoms with Gasteiger partial charge in [0.15, 0.2) is 11.5 Å². The predicted molar refractivity (Wildman–Crippen MR) is 57.9 cm³/mol. The minimum absolute atomic E-state index is 0.266. The number of carboxylic acids is 1. The van der Waals surface area contributed by atoms with Crippen molar-refractivity contribution in [1.29, 1.82) is 0 Å². The molecule has 0 aliphatic heterocycles. The SMILES string of the molecule is O=C(O)CC1(c2cc(O)c(O)cc2C(F)(F)F)CC1. The standard InChI is InChI=1S/C12H11F3O4/c13-12(14,15)7-4-9(17)8(16)3-6(7)11(1-2-11)5-10(18)19/h3-4,16-17H,1-2,5H2,(H,18,19). The molecule has 0 amide bonds. The van der Waals surface area contributed by atoms with Crippen LogP contribution < -0.4 is 0 Å². The lowest BCUT2D eigenvalue weighted by molar-refractivity contribution is -0.141. The van der Waals surface area contributed by atoms with Crippen LogP contribution in [0.15, 0.2) is 12.1 Å². The topological polar surface area (TPSA) is 77.8 Å². The highest BCUT2D eigenvalue weighted by Gasteiger charge is 2.51. The number of carbonyl (C=O) groups is 1. The summed E-state index contributed by atoms with van der Waals surface area (Å²) in [6.45, 7) is 0. The number of benzene rings is 1. The molecule has 19 heavy (non-hydrogen) atoms. The highest BCUT2D eigenvalue weighted by atomic mass is 19.4. The lowest BCUT2D eigenvalue weighted by atomic mass is 9.87. The number of phenolic OH excluding ortho intramolecular Hbond substituents is 2. The summed E-state index contributed by atoms with van der Waals surface area (Å²) in [6, 6.07) is 1.25. The first-order chi connectivity index (χ1) is 8.66. The van der Waals surface area contributed by atoms with Gasteiger partial charge in [-0.3, -0.25) is 4.79 Å². The van der Waals surface area contributed by atoms with E-state index in [1.807, 2.05) is 0 Å². The molecule has 0 radical (unpaired) electrons. The molecule has 0 bridgehead atoms. The van der Waals surface area contributed by atoms with E-state index in [1.165, 1.54) is 0 Å². The molecule has 104 valence electrons. The minimum Gasteiger partial charge on any atom is -0.504 e. The monoisotopic (exact) mass is 276 g/mol. The Morgan fingerprint density at radius 2 is 1.74 bits per heavy atom. The van der Waals surface area contributed by atoms with Gasteiger partial charge >= 0.3 is 12.1 Å². The molecule has 7 heteroatoms. The summed E-state index contributed by atoms with van der Waals surface area (Å²) in [4.78, 5) is 10.7. The fraction of sp³-hybridized carbons (Fsp3) is 0.417. The summed E-state index contributed by atoms with van der Waals surface area (Å²) < 4.78 is 38.7. The minimum atomic E-state index is -4.71. The van der Waals surface area contributed by atoms with Crippen molar-refractivity contribution < 1.29 is 33.3 Å². The highest BCUT2D eigenvalue weighted by Crippen LogP contribution is 2.55. The number of hydrogen-bond donors (Lipinski definition) is 3. The maximum atomic E-state index is 12.9. The fourth-order valence-corrected chi connectivity index (χ4v) is 2.23. The largest absolute Gasteiger partial charge is 0.504 e. The van der Waals surface area contributed by atoms with Crippen molar-refractivity contribution >= 4 is 5.97 Å². The molecule has 3 N–H and O–H groups in total. The van der Waals surface area contributed by atoms with Crippen LogP contribution in [0.2, 0.25) is 0 Å².